The fourth-order valence-corrected chi connectivity index (χ4v) is 3.33. The molecule has 1 aromatic carbocycles. The quantitative estimate of drug-likeness (QED) is 0.731. The van der Waals surface area contributed by atoms with Gasteiger partial charge in [0.05, 0.1) is 5.56 Å². The van der Waals surface area contributed by atoms with Crippen LogP contribution in [0.1, 0.15) is 37.9 Å². The van der Waals surface area contributed by atoms with Crippen LogP contribution in [0.15, 0.2) is 24.3 Å². The monoisotopic (exact) mass is 404 g/mol. The summed E-state index contributed by atoms with van der Waals surface area (Å²) in [6.07, 6.45) is 2.94. The van der Waals surface area contributed by atoms with Crippen LogP contribution in [0.4, 0.5) is 21.8 Å². The largest absolute Gasteiger partial charge is 0.355 e. The summed E-state index contributed by atoms with van der Waals surface area (Å²) in [5.41, 5.74) is 1.57. The highest BCUT2D eigenvalue weighted by atomic mass is 35.5. The van der Waals surface area contributed by atoms with E-state index in [1.807, 2.05) is 12.1 Å². The summed E-state index contributed by atoms with van der Waals surface area (Å²) in [7, 11) is 0. The van der Waals surface area contributed by atoms with Gasteiger partial charge in [-0.1, -0.05) is 20.3 Å². The molecule has 0 aliphatic carbocycles. The van der Waals surface area contributed by atoms with Crippen molar-refractivity contribution in [2.24, 2.45) is 0 Å². The molecule has 1 unspecified atom stereocenters. The number of nitrogens with zero attached hydrogens (tertiary/aromatic N) is 4. The lowest BCUT2D eigenvalue weighted by Gasteiger charge is -2.19. The molecule has 6 nitrogen and oxygen atoms in total. The number of nitriles is 1. The van der Waals surface area contributed by atoms with Crippen molar-refractivity contribution in [3.8, 4) is 6.07 Å². The number of benzene rings is 1. The van der Waals surface area contributed by atoms with Gasteiger partial charge in [-0.05, 0) is 37.6 Å². The molecule has 0 radical (unpaired) electrons. The van der Waals surface area contributed by atoms with Gasteiger partial charge < -0.3 is 15.5 Å². The van der Waals surface area contributed by atoms with Crippen molar-refractivity contribution in [1.29, 1.82) is 5.26 Å². The predicted octanol–water partition coefficient (Wildman–Crippen LogP) is 3.79. The van der Waals surface area contributed by atoms with Crippen LogP contribution in [0.2, 0.25) is 0 Å². The zero-order valence-corrected chi connectivity index (χ0v) is 17.0. The minimum absolute atomic E-state index is 0. The summed E-state index contributed by atoms with van der Waals surface area (Å²) >= 11 is 0. The van der Waals surface area contributed by atoms with Crippen LogP contribution in [0.25, 0.3) is 0 Å². The second-order valence-corrected chi connectivity index (χ2v) is 6.71. The molecule has 1 atom stereocenters. The average molecular weight is 405 g/mol. The fourth-order valence-electron chi connectivity index (χ4n) is 3.33. The van der Waals surface area contributed by atoms with E-state index in [4.69, 9.17) is 5.26 Å². The van der Waals surface area contributed by atoms with E-state index in [2.05, 4.69) is 39.3 Å². The molecule has 1 saturated heterocycles. The van der Waals surface area contributed by atoms with Crippen LogP contribution in [0, 0.1) is 17.1 Å². The molecule has 1 fully saturated rings. The fraction of sp³-hybridized carbons (Fsp3) is 0.450. The maximum atomic E-state index is 13.5. The standard InChI is InChI=1S/C20H25FN6.ClH/c1-3-5-15-11-19(27-9-8-17(13-27)23-4-2)26-20(24-15)25-16-6-7-18(21)14(10-16)12-22;/h6-7,10-11,17,23H,3-5,8-9,13H2,1-2H3,(H,24,25,26);1H. The van der Waals surface area contributed by atoms with Gasteiger partial charge in [0.25, 0.3) is 0 Å². The second kappa shape index (κ2) is 10.2. The number of hydrogen-bond acceptors (Lipinski definition) is 6. The minimum atomic E-state index is -0.532. The Bertz CT molecular complexity index is 838. The van der Waals surface area contributed by atoms with Crippen molar-refractivity contribution in [3.63, 3.8) is 0 Å². The Kier molecular flexibility index (Phi) is 7.97. The van der Waals surface area contributed by atoms with E-state index in [1.165, 1.54) is 12.1 Å². The minimum Gasteiger partial charge on any atom is -0.355 e. The van der Waals surface area contributed by atoms with Crippen LogP contribution in [0.3, 0.4) is 0 Å². The molecule has 1 aliphatic rings. The number of aryl methyl sites for hydroxylation is 1. The van der Waals surface area contributed by atoms with Crippen molar-refractivity contribution in [2.75, 3.05) is 29.9 Å². The Morgan fingerprint density at radius 1 is 1.29 bits per heavy atom. The van der Waals surface area contributed by atoms with Gasteiger partial charge in [-0.3, -0.25) is 0 Å². The third kappa shape index (κ3) is 5.31. The van der Waals surface area contributed by atoms with Gasteiger partial charge in [-0.25, -0.2) is 9.37 Å². The first-order valence-corrected chi connectivity index (χ1v) is 9.45. The normalized spacial score (nSPS) is 15.8. The zero-order valence-electron chi connectivity index (χ0n) is 16.2. The smallest absolute Gasteiger partial charge is 0.229 e. The highest BCUT2D eigenvalue weighted by molar-refractivity contribution is 5.85. The number of anilines is 3. The molecule has 0 amide bonds. The Balaban J connectivity index is 0.00000280. The Morgan fingerprint density at radius 2 is 2.11 bits per heavy atom. The van der Waals surface area contributed by atoms with E-state index in [9.17, 15) is 4.39 Å². The Morgan fingerprint density at radius 3 is 2.82 bits per heavy atom. The molecule has 28 heavy (non-hydrogen) atoms. The molecule has 2 aromatic rings. The van der Waals surface area contributed by atoms with Crippen molar-refractivity contribution in [2.45, 2.75) is 39.2 Å². The molecule has 2 heterocycles. The number of likely N-dealkylation sites (N-methyl/N-ethyl adjacent to an activating group) is 1. The van der Waals surface area contributed by atoms with Crippen LogP contribution < -0.4 is 15.5 Å². The van der Waals surface area contributed by atoms with E-state index < -0.39 is 5.82 Å². The molecular formula is C20H26ClFN6. The first-order chi connectivity index (χ1) is 13.1. The van der Waals surface area contributed by atoms with Crippen molar-refractivity contribution < 1.29 is 4.39 Å². The van der Waals surface area contributed by atoms with Crippen LogP contribution >= 0.6 is 12.4 Å². The van der Waals surface area contributed by atoms with Gasteiger partial charge in [0, 0.05) is 36.6 Å². The molecule has 0 saturated carbocycles. The van der Waals surface area contributed by atoms with Gasteiger partial charge in [-0.2, -0.15) is 10.2 Å². The maximum absolute atomic E-state index is 13.5. The zero-order chi connectivity index (χ0) is 19.2. The third-order valence-corrected chi connectivity index (χ3v) is 4.62. The molecule has 1 aromatic heterocycles. The van der Waals surface area contributed by atoms with Crippen molar-refractivity contribution in [3.05, 3.63) is 41.3 Å². The van der Waals surface area contributed by atoms with Crippen molar-refractivity contribution >= 4 is 29.9 Å². The Hall–Kier alpha value is -2.43. The molecule has 0 spiro atoms. The number of hydrogen-bond donors (Lipinski definition) is 2. The Labute approximate surface area is 171 Å². The molecule has 8 heteroatoms. The molecule has 150 valence electrons. The number of nitrogens with one attached hydrogen (secondary N) is 2. The lowest BCUT2D eigenvalue weighted by atomic mass is 10.2. The van der Waals surface area contributed by atoms with Crippen LogP contribution in [0.5, 0.6) is 0 Å². The topological polar surface area (TPSA) is 76.9 Å². The first-order valence-electron chi connectivity index (χ1n) is 9.45. The molecule has 3 rings (SSSR count). The highest BCUT2D eigenvalue weighted by Gasteiger charge is 2.23. The molecule has 2 N–H and O–H groups in total. The third-order valence-electron chi connectivity index (χ3n) is 4.62. The van der Waals surface area contributed by atoms with E-state index in [-0.39, 0.29) is 18.0 Å². The number of rotatable bonds is 7. The summed E-state index contributed by atoms with van der Waals surface area (Å²) in [4.78, 5) is 11.5. The summed E-state index contributed by atoms with van der Waals surface area (Å²) in [5, 5.41) is 15.6. The summed E-state index contributed by atoms with van der Waals surface area (Å²) in [5.74, 6) is 0.841. The van der Waals surface area contributed by atoms with Crippen LogP contribution in [-0.2, 0) is 6.42 Å². The maximum Gasteiger partial charge on any atom is 0.229 e. The van der Waals surface area contributed by atoms with E-state index in [1.54, 1.807) is 6.07 Å². The van der Waals surface area contributed by atoms with Gasteiger partial charge in [0.15, 0.2) is 0 Å². The van der Waals surface area contributed by atoms with Gasteiger partial charge in [0.1, 0.15) is 17.7 Å². The van der Waals surface area contributed by atoms with E-state index >= 15 is 0 Å². The molecule has 0 bridgehead atoms. The van der Waals surface area contributed by atoms with Crippen LogP contribution in [-0.4, -0.2) is 35.6 Å². The lowest BCUT2D eigenvalue weighted by molar-refractivity contribution is 0.571. The predicted molar refractivity (Wildman–Crippen MR) is 112 cm³/mol. The summed E-state index contributed by atoms with van der Waals surface area (Å²) < 4.78 is 13.5. The van der Waals surface area contributed by atoms with Gasteiger partial charge >= 0.3 is 0 Å². The lowest BCUT2D eigenvalue weighted by Crippen LogP contribution is -2.32. The second-order valence-electron chi connectivity index (χ2n) is 6.71. The van der Waals surface area contributed by atoms with Gasteiger partial charge in [-0.15, -0.1) is 12.4 Å². The summed E-state index contributed by atoms with van der Waals surface area (Å²) in [6, 6.07) is 8.72. The first kappa shape index (κ1) is 21.9. The summed E-state index contributed by atoms with van der Waals surface area (Å²) in [6.45, 7) is 7.07. The van der Waals surface area contributed by atoms with E-state index in [0.717, 1.165) is 50.4 Å². The molecular weight excluding hydrogens is 379 g/mol. The number of aromatic nitrogens is 2. The molecule has 1 aliphatic heterocycles. The van der Waals surface area contributed by atoms with E-state index in [0.29, 0.717) is 17.7 Å². The SMILES string of the molecule is CCCc1cc(N2CCC(NCC)C2)nc(Nc2ccc(F)c(C#N)c2)n1.Cl. The highest BCUT2D eigenvalue weighted by Crippen LogP contribution is 2.23. The average Bonchev–Trinajstić information content (AvgIpc) is 3.12. The van der Waals surface area contributed by atoms with Crippen molar-refractivity contribution in [1.82, 2.24) is 15.3 Å². The van der Waals surface area contributed by atoms with Gasteiger partial charge in [0.2, 0.25) is 5.95 Å². The number of halogens is 2.